The van der Waals surface area contributed by atoms with Gasteiger partial charge in [0, 0.05) is 43.3 Å². The SMILES string of the molecule is Cc1ccn2cc(C3(c4ccccc4)CCN(C(=O)Cn4cccnc4=O)CC3)nc2c1. The van der Waals surface area contributed by atoms with Crippen LogP contribution >= 0.6 is 0 Å². The van der Waals surface area contributed by atoms with Crippen molar-refractivity contribution in [3.05, 3.63) is 101 Å². The Labute approximate surface area is 186 Å². The molecule has 162 valence electrons. The summed E-state index contributed by atoms with van der Waals surface area (Å²) >= 11 is 0. The fourth-order valence-corrected chi connectivity index (χ4v) is 4.66. The van der Waals surface area contributed by atoms with Crippen molar-refractivity contribution in [3.63, 3.8) is 0 Å². The van der Waals surface area contributed by atoms with Gasteiger partial charge in [-0.15, -0.1) is 0 Å². The molecule has 0 aliphatic carbocycles. The van der Waals surface area contributed by atoms with Crippen LogP contribution < -0.4 is 5.69 Å². The lowest BCUT2D eigenvalue weighted by Crippen LogP contribution is -2.47. The number of fused-ring (bicyclic) bond motifs is 1. The summed E-state index contributed by atoms with van der Waals surface area (Å²) in [6, 6.07) is 16.3. The second kappa shape index (κ2) is 8.07. The van der Waals surface area contributed by atoms with E-state index in [2.05, 4.69) is 58.9 Å². The Morgan fingerprint density at radius 2 is 1.84 bits per heavy atom. The van der Waals surface area contributed by atoms with Crippen LogP contribution in [0.5, 0.6) is 0 Å². The first-order valence-corrected chi connectivity index (χ1v) is 10.9. The van der Waals surface area contributed by atoms with Gasteiger partial charge in [-0.2, -0.15) is 0 Å². The van der Waals surface area contributed by atoms with Crippen molar-refractivity contribution >= 4 is 11.6 Å². The number of amides is 1. The zero-order valence-corrected chi connectivity index (χ0v) is 18.0. The first kappa shape index (κ1) is 20.2. The molecule has 1 aliphatic heterocycles. The molecule has 0 radical (unpaired) electrons. The average molecular weight is 428 g/mol. The van der Waals surface area contributed by atoms with E-state index < -0.39 is 5.69 Å². The van der Waals surface area contributed by atoms with Crippen molar-refractivity contribution < 1.29 is 4.79 Å². The van der Waals surface area contributed by atoms with Crippen molar-refractivity contribution in [3.8, 4) is 0 Å². The number of carbonyl (C=O) groups is 1. The maximum atomic E-state index is 12.9. The number of hydrogen-bond donors (Lipinski definition) is 0. The predicted molar refractivity (Wildman–Crippen MR) is 121 cm³/mol. The number of carbonyl (C=O) groups excluding carboxylic acids is 1. The molecule has 1 amide bonds. The number of aromatic nitrogens is 4. The zero-order valence-electron chi connectivity index (χ0n) is 18.0. The Kier molecular flexibility index (Phi) is 5.09. The number of nitrogens with zero attached hydrogens (tertiary/aromatic N) is 5. The molecule has 4 heterocycles. The molecule has 0 spiro atoms. The molecule has 1 aromatic carbocycles. The number of aryl methyl sites for hydroxylation is 1. The number of likely N-dealkylation sites (tertiary alicyclic amines) is 1. The summed E-state index contributed by atoms with van der Waals surface area (Å²) in [5.41, 5.74) is 3.69. The standard InChI is InChI=1S/C25H25N5O2/c1-19-8-13-29-17-21(27-22(29)16-19)25(20-6-3-2-4-7-20)9-14-28(15-10-25)23(31)18-30-12-5-11-26-24(30)32/h2-8,11-13,16-17H,9-10,14-15,18H2,1H3. The van der Waals surface area contributed by atoms with Gasteiger partial charge in [0.1, 0.15) is 12.2 Å². The summed E-state index contributed by atoms with van der Waals surface area (Å²) in [5.74, 6) is -0.0626. The van der Waals surface area contributed by atoms with E-state index in [-0.39, 0.29) is 17.9 Å². The minimum Gasteiger partial charge on any atom is -0.341 e. The second-order valence-electron chi connectivity index (χ2n) is 8.45. The van der Waals surface area contributed by atoms with Crippen LogP contribution in [0.2, 0.25) is 0 Å². The summed E-state index contributed by atoms with van der Waals surface area (Å²) in [7, 11) is 0. The molecule has 7 heteroatoms. The normalized spacial score (nSPS) is 15.7. The van der Waals surface area contributed by atoms with Gasteiger partial charge in [-0.05, 0) is 49.1 Å². The van der Waals surface area contributed by atoms with E-state index in [1.54, 1.807) is 12.3 Å². The minimum atomic E-state index is -0.406. The Hall–Kier alpha value is -3.74. The van der Waals surface area contributed by atoms with Crippen molar-refractivity contribution in [1.82, 2.24) is 23.8 Å². The van der Waals surface area contributed by atoms with Crippen LogP contribution in [-0.2, 0) is 16.8 Å². The van der Waals surface area contributed by atoms with Gasteiger partial charge in [-0.1, -0.05) is 30.3 Å². The number of hydrogen-bond acceptors (Lipinski definition) is 4. The highest BCUT2D eigenvalue weighted by Gasteiger charge is 2.40. The number of pyridine rings is 1. The van der Waals surface area contributed by atoms with Crippen LogP contribution in [-0.4, -0.2) is 42.8 Å². The van der Waals surface area contributed by atoms with E-state index in [1.165, 1.54) is 21.9 Å². The molecule has 32 heavy (non-hydrogen) atoms. The van der Waals surface area contributed by atoms with E-state index >= 15 is 0 Å². The third-order valence-corrected chi connectivity index (χ3v) is 6.49. The third kappa shape index (κ3) is 3.60. The number of piperidine rings is 1. The van der Waals surface area contributed by atoms with Gasteiger partial charge in [0.15, 0.2) is 0 Å². The Balaban J connectivity index is 1.44. The smallest absolute Gasteiger partial charge is 0.341 e. The molecule has 1 saturated heterocycles. The highest BCUT2D eigenvalue weighted by Crippen LogP contribution is 2.41. The second-order valence-corrected chi connectivity index (χ2v) is 8.45. The lowest BCUT2D eigenvalue weighted by atomic mass is 9.70. The molecule has 0 bridgehead atoms. The lowest BCUT2D eigenvalue weighted by molar-refractivity contribution is -0.133. The highest BCUT2D eigenvalue weighted by atomic mass is 16.2. The molecule has 5 rings (SSSR count). The molecule has 4 aromatic rings. The fourth-order valence-electron chi connectivity index (χ4n) is 4.66. The van der Waals surface area contributed by atoms with Gasteiger partial charge in [0.2, 0.25) is 5.91 Å². The van der Waals surface area contributed by atoms with Gasteiger partial charge < -0.3 is 9.30 Å². The molecular weight excluding hydrogens is 402 g/mol. The largest absolute Gasteiger partial charge is 0.347 e. The van der Waals surface area contributed by atoms with E-state index in [0.717, 1.165) is 24.2 Å². The maximum absolute atomic E-state index is 12.9. The molecule has 7 nitrogen and oxygen atoms in total. The van der Waals surface area contributed by atoms with Crippen LogP contribution in [0.1, 0.15) is 29.7 Å². The van der Waals surface area contributed by atoms with Gasteiger partial charge in [-0.3, -0.25) is 9.36 Å². The van der Waals surface area contributed by atoms with E-state index in [1.807, 2.05) is 17.2 Å². The van der Waals surface area contributed by atoms with E-state index in [4.69, 9.17) is 4.98 Å². The quantitative estimate of drug-likeness (QED) is 0.502. The number of benzene rings is 1. The van der Waals surface area contributed by atoms with Crippen LogP contribution in [0.25, 0.3) is 5.65 Å². The van der Waals surface area contributed by atoms with Gasteiger partial charge in [-0.25, -0.2) is 14.8 Å². The number of rotatable bonds is 4. The minimum absolute atomic E-state index is 0.0126. The monoisotopic (exact) mass is 427 g/mol. The molecule has 0 N–H and O–H groups in total. The van der Waals surface area contributed by atoms with Crippen LogP contribution in [0.15, 0.2) is 78.1 Å². The van der Waals surface area contributed by atoms with E-state index in [0.29, 0.717) is 13.1 Å². The average Bonchev–Trinajstić information content (AvgIpc) is 3.25. The number of imidazole rings is 1. The Morgan fingerprint density at radius 1 is 1.06 bits per heavy atom. The van der Waals surface area contributed by atoms with E-state index in [9.17, 15) is 9.59 Å². The predicted octanol–water partition coefficient (Wildman–Crippen LogP) is 2.81. The molecule has 0 unspecified atom stereocenters. The maximum Gasteiger partial charge on any atom is 0.347 e. The van der Waals surface area contributed by atoms with Crippen molar-refractivity contribution in [2.45, 2.75) is 31.7 Å². The summed E-state index contributed by atoms with van der Waals surface area (Å²) in [4.78, 5) is 35.4. The van der Waals surface area contributed by atoms with Crippen LogP contribution in [0, 0.1) is 6.92 Å². The molecular formula is C25H25N5O2. The van der Waals surface area contributed by atoms with Crippen molar-refractivity contribution in [2.75, 3.05) is 13.1 Å². The van der Waals surface area contributed by atoms with Crippen LogP contribution in [0.3, 0.4) is 0 Å². The van der Waals surface area contributed by atoms with Crippen molar-refractivity contribution in [2.24, 2.45) is 0 Å². The van der Waals surface area contributed by atoms with Crippen LogP contribution in [0.4, 0.5) is 0 Å². The molecule has 1 fully saturated rings. The van der Waals surface area contributed by atoms with Gasteiger partial charge >= 0.3 is 5.69 Å². The summed E-state index contributed by atoms with van der Waals surface area (Å²) in [6.07, 6.45) is 8.75. The molecule has 1 aliphatic rings. The molecule has 0 saturated carbocycles. The third-order valence-electron chi connectivity index (χ3n) is 6.49. The molecule has 3 aromatic heterocycles. The first-order valence-electron chi connectivity index (χ1n) is 10.9. The summed E-state index contributed by atoms with van der Waals surface area (Å²) < 4.78 is 3.42. The summed E-state index contributed by atoms with van der Waals surface area (Å²) in [5, 5.41) is 0. The topological polar surface area (TPSA) is 72.5 Å². The molecule has 0 atom stereocenters. The van der Waals surface area contributed by atoms with Crippen molar-refractivity contribution in [1.29, 1.82) is 0 Å². The Morgan fingerprint density at radius 3 is 2.59 bits per heavy atom. The van der Waals surface area contributed by atoms with Gasteiger partial charge in [0.05, 0.1) is 5.69 Å². The zero-order chi connectivity index (χ0) is 22.1. The Bertz CT molecular complexity index is 1320. The fraction of sp³-hybridized carbons (Fsp3) is 0.280. The summed E-state index contributed by atoms with van der Waals surface area (Å²) in [6.45, 7) is 3.29. The lowest BCUT2D eigenvalue weighted by Gasteiger charge is -2.41. The highest BCUT2D eigenvalue weighted by molar-refractivity contribution is 5.76. The van der Waals surface area contributed by atoms with Gasteiger partial charge in [0.25, 0.3) is 0 Å². The first-order chi connectivity index (χ1) is 15.5.